The van der Waals surface area contributed by atoms with Crippen molar-refractivity contribution in [3.63, 3.8) is 0 Å². The molecule has 29 heavy (non-hydrogen) atoms. The van der Waals surface area contributed by atoms with Gasteiger partial charge in [-0.3, -0.25) is 10.1 Å². The molecule has 4 N–H and O–H groups in total. The summed E-state index contributed by atoms with van der Waals surface area (Å²) < 4.78 is 5.21. The van der Waals surface area contributed by atoms with Gasteiger partial charge in [-0.05, 0) is 26.3 Å². The standard InChI is InChI=1S/C19H22N2O8/c1-9-15(18(24)25)17(12-5-4-6-13(7-12)21(27)28)16(10(2)20-9)19(26)29-11(3)14(23)8-22/h4-7,11,14,17,20,22-23H,8H2,1-3H3,(H,24,25). The lowest BCUT2D eigenvalue weighted by Crippen LogP contribution is -2.36. The molecule has 0 aliphatic carbocycles. The zero-order chi connectivity index (χ0) is 21.9. The van der Waals surface area contributed by atoms with Crippen LogP contribution >= 0.6 is 0 Å². The van der Waals surface area contributed by atoms with E-state index in [2.05, 4.69) is 5.32 Å². The van der Waals surface area contributed by atoms with Crippen molar-refractivity contribution in [1.82, 2.24) is 5.32 Å². The van der Waals surface area contributed by atoms with Gasteiger partial charge in [0.05, 0.1) is 28.6 Å². The van der Waals surface area contributed by atoms with E-state index in [1.807, 2.05) is 0 Å². The summed E-state index contributed by atoms with van der Waals surface area (Å²) in [5.41, 5.74) is 0.382. The van der Waals surface area contributed by atoms with Gasteiger partial charge in [0, 0.05) is 23.5 Å². The fourth-order valence-electron chi connectivity index (χ4n) is 3.16. The summed E-state index contributed by atoms with van der Waals surface area (Å²) in [7, 11) is 0. The summed E-state index contributed by atoms with van der Waals surface area (Å²) in [4.78, 5) is 35.3. The van der Waals surface area contributed by atoms with E-state index in [-0.39, 0.29) is 28.1 Å². The number of ether oxygens (including phenoxy) is 1. The van der Waals surface area contributed by atoms with Crippen molar-refractivity contribution >= 4 is 17.6 Å². The number of carbonyl (C=O) groups excluding carboxylic acids is 1. The Balaban J connectivity index is 2.59. The molecule has 0 fully saturated rings. The smallest absolute Gasteiger partial charge is 0.337 e. The Labute approximate surface area is 166 Å². The molecule has 1 heterocycles. The Morgan fingerprint density at radius 2 is 1.90 bits per heavy atom. The topological polar surface area (TPSA) is 159 Å². The van der Waals surface area contributed by atoms with E-state index in [0.29, 0.717) is 5.70 Å². The fraction of sp³-hybridized carbons (Fsp3) is 0.368. The molecule has 0 saturated heterocycles. The van der Waals surface area contributed by atoms with E-state index in [1.165, 1.54) is 38.1 Å². The average Bonchev–Trinajstić information content (AvgIpc) is 2.66. The molecule has 0 saturated carbocycles. The second kappa shape index (κ2) is 8.84. The average molecular weight is 406 g/mol. The third kappa shape index (κ3) is 4.61. The van der Waals surface area contributed by atoms with E-state index >= 15 is 0 Å². The molecule has 10 nitrogen and oxygen atoms in total. The van der Waals surface area contributed by atoms with Gasteiger partial charge in [0.25, 0.3) is 5.69 Å². The van der Waals surface area contributed by atoms with Crippen molar-refractivity contribution in [2.75, 3.05) is 6.61 Å². The van der Waals surface area contributed by atoms with Crippen LogP contribution in [-0.2, 0) is 14.3 Å². The first-order valence-electron chi connectivity index (χ1n) is 8.74. The number of aliphatic hydroxyl groups is 2. The van der Waals surface area contributed by atoms with Crippen LogP contribution in [0.25, 0.3) is 0 Å². The Morgan fingerprint density at radius 3 is 2.45 bits per heavy atom. The number of esters is 1. The number of dihydropyridines is 1. The third-order valence-electron chi connectivity index (χ3n) is 4.65. The van der Waals surface area contributed by atoms with Crippen LogP contribution < -0.4 is 5.32 Å². The van der Waals surface area contributed by atoms with Crippen LogP contribution in [0.2, 0.25) is 0 Å². The van der Waals surface area contributed by atoms with Crippen LogP contribution in [0.3, 0.4) is 0 Å². The zero-order valence-electron chi connectivity index (χ0n) is 16.1. The number of nitro groups is 1. The summed E-state index contributed by atoms with van der Waals surface area (Å²) in [6.45, 7) is 3.83. The summed E-state index contributed by atoms with van der Waals surface area (Å²) in [6, 6.07) is 5.36. The van der Waals surface area contributed by atoms with E-state index in [1.54, 1.807) is 6.92 Å². The Bertz CT molecular complexity index is 905. The van der Waals surface area contributed by atoms with Crippen molar-refractivity contribution < 1.29 is 34.6 Å². The first kappa shape index (κ1) is 22.1. The number of nitrogens with one attached hydrogen (secondary N) is 1. The number of nitrogens with zero attached hydrogens (tertiary/aromatic N) is 1. The lowest BCUT2D eigenvalue weighted by atomic mass is 9.80. The van der Waals surface area contributed by atoms with Gasteiger partial charge in [-0.1, -0.05) is 12.1 Å². The van der Waals surface area contributed by atoms with Gasteiger partial charge >= 0.3 is 11.9 Å². The molecular formula is C19H22N2O8. The molecule has 156 valence electrons. The number of aliphatic hydroxyl groups excluding tert-OH is 2. The quantitative estimate of drug-likeness (QED) is 0.296. The molecule has 0 radical (unpaired) electrons. The SMILES string of the molecule is CC1=C(C(=O)O)C(c2cccc([N+](=O)[O-])c2)C(C(=O)OC(C)C(O)CO)=C(C)N1. The second-order valence-electron chi connectivity index (χ2n) is 6.65. The summed E-state index contributed by atoms with van der Waals surface area (Å²) >= 11 is 0. The highest BCUT2D eigenvalue weighted by molar-refractivity contribution is 5.99. The fourth-order valence-corrected chi connectivity index (χ4v) is 3.16. The number of benzene rings is 1. The number of aliphatic carboxylic acids is 1. The lowest BCUT2D eigenvalue weighted by Gasteiger charge is -2.30. The van der Waals surface area contributed by atoms with Crippen molar-refractivity contribution in [2.24, 2.45) is 0 Å². The van der Waals surface area contributed by atoms with Gasteiger partial charge in [0.1, 0.15) is 12.2 Å². The minimum absolute atomic E-state index is 0.0505. The molecule has 10 heteroatoms. The van der Waals surface area contributed by atoms with Crippen LogP contribution in [0, 0.1) is 10.1 Å². The predicted molar refractivity (Wildman–Crippen MR) is 101 cm³/mol. The molecule has 1 aliphatic heterocycles. The second-order valence-corrected chi connectivity index (χ2v) is 6.65. The third-order valence-corrected chi connectivity index (χ3v) is 4.65. The van der Waals surface area contributed by atoms with Gasteiger partial charge < -0.3 is 25.4 Å². The molecule has 1 aliphatic rings. The molecule has 1 aromatic rings. The molecule has 3 unspecified atom stereocenters. The number of hydrogen-bond acceptors (Lipinski definition) is 8. The van der Waals surface area contributed by atoms with Crippen LogP contribution in [-0.4, -0.2) is 51.0 Å². The summed E-state index contributed by atoms with van der Waals surface area (Å²) in [5.74, 6) is -3.33. The predicted octanol–water partition coefficient (Wildman–Crippen LogP) is 1.20. The summed E-state index contributed by atoms with van der Waals surface area (Å²) in [6.07, 6.45) is -2.37. The van der Waals surface area contributed by atoms with Crippen molar-refractivity contribution in [1.29, 1.82) is 0 Å². The number of rotatable bonds is 7. The van der Waals surface area contributed by atoms with Crippen molar-refractivity contribution in [3.8, 4) is 0 Å². The number of carbonyl (C=O) groups is 2. The monoisotopic (exact) mass is 406 g/mol. The highest BCUT2D eigenvalue weighted by Gasteiger charge is 2.38. The highest BCUT2D eigenvalue weighted by Crippen LogP contribution is 2.39. The zero-order valence-corrected chi connectivity index (χ0v) is 16.1. The maximum atomic E-state index is 12.9. The van der Waals surface area contributed by atoms with Crippen molar-refractivity contribution in [2.45, 2.75) is 38.9 Å². The molecule has 0 spiro atoms. The van der Waals surface area contributed by atoms with Crippen LogP contribution in [0.4, 0.5) is 5.69 Å². The number of non-ortho nitro benzene ring substituents is 1. The maximum absolute atomic E-state index is 12.9. The minimum Gasteiger partial charge on any atom is -0.478 e. The van der Waals surface area contributed by atoms with Crippen LogP contribution in [0.1, 0.15) is 32.3 Å². The largest absolute Gasteiger partial charge is 0.478 e. The highest BCUT2D eigenvalue weighted by atomic mass is 16.6. The van der Waals surface area contributed by atoms with Gasteiger partial charge in [0.2, 0.25) is 0 Å². The number of hydrogen-bond donors (Lipinski definition) is 4. The van der Waals surface area contributed by atoms with Gasteiger partial charge in [0.15, 0.2) is 0 Å². The number of allylic oxidation sites excluding steroid dienone is 2. The molecule has 0 aromatic heterocycles. The van der Waals surface area contributed by atoms with E-state index in [9.17, 15) is 29.9 Å². The lowest BCUT2D eigenvalue weighted by molar-refractivity contribution is -0.384. The number of carboxylic acids is 1. The first-order valence-corrected chi connectivity index (χ1v) is 8.74. The molecule has 0 amide bonds. The van der Waals surface area contributed by atoms with Crippen LogP contribution in [0.15, 0.2) is 46.8 Å². The minimum atomic E-state index is -1.32. The molecule has 3 atom stereocenters. The van der Waals surface area contributed by atoms with E-state index in [4.69, 9.17) is 9.84 Å². The maximum Gasteiger partial charge on any atom is 0.337 e. The normalized spacial score (nSPS) is 18.7. The van der Waals surface area contributed by atoms with E-state index in [0.717, 1.165) is 0 Å². The number of carboxylic acid groups (broad SMARTS) is 1. The number of nitro benzene ring substituents is 1. The first-order chi connectivity index (χ1) is 13.6. The Morgan fingerprint density at radius 1 is 1.28 bits per heavy atom. The Kier molecular flexibility index (Phi) is 6.72. The summed E-state index contributed by atoms with van der Waals surface area (Å²) in [5, 5.41) is 42.4. The molecule has 1 aromatic carbocycles. The van der Waals surface area contributed by atoms with Gasteiger partial charge in [-0.15, -0.1) is 0 Å². The molecule has 2 rings (SSSR count). The van der Waals surface area contributed by atoms with Gasteiger partial charge in [-0.25, -0.2) is 9.59 Å². The van der Waals surface area contributed by atoms with Crippen molar-refractivity contribution in [3.05, 3.63) is 62.5 Å². The Hall–Kier alpha value is -3.24. The molecule has 0 bridgehead atoms. The van der Waals surface area contributed by atoms with Crippen LogP contribution in [0.5, 0.6) is 0 Å². The van der Waals surface area contributed by atoms with Gasteiger partial charge in [-0.2, -0.15) is 0 Å². The molecular weight excluding hydrogens is 384 g/mol. The van der Waals surface area contributed by atoms with E-state index < -0.39 is 41.6 Å².